The molecule has 0 amide bonds. The molecule has 46 heavy (non-hydrogen) atoms. The SMILES string of the molecule is c1ccc(P(c2ccccc2)c2cccc3ccc(N4c5ccccc5Sc5ccc(N6CCc7cccnc76)nc54)nc23)cc1. The molecule has 0 radical (unpaired) electrons. The van der Waals surface area contributed by atoms with E-state index in [1.807, 2.05) is 12.3 Å². The van der Waals surface area contributed by atoms with E-state index >= 15 is 0 Å². The van der Waals surface area contributed by atoms with Crippen molar-refractivity contribution in [2.45, 2.75) is 16.2 Å². The summed E-state index contributed by atoms with van der Waals surface area (Å²) in [4.78, 5) is 22.3. The fourth-order valence-corrected chi connectivity index (χ4v) is 9.88. The van der Waals surface area contributed by atoms with Crippen LogP contribution in [-0.4, -0.2) is 21.5 Å². The maximum atomic E-state index is 5.50. The van der Waals surface area contributed by atoms with E-state index in [9.17, 15) is 0 Å². The quantitative estimate of drug-likeness (QED) is 0.178. The third-order valence-electron chi connectivity index (χ3n) is 8.55. The Balaban J connectivity index is 1.22. The predicted molar refractivity (Wildman–Crippen MR) is 192 cm³/mol. The summed E-state index contributed by atoms with van der Waals surface area (Å²) in [6, 6.07) is 49.7. The Morgan fingerprint density at radius 1 is 0.587 bits per heavy atom. The number of para-hydroxylation sites is 2. The lowest BCUT2D eigenvalue weighted by Crippen LogP contribution is -2.23. The molecule has 9 rings (SSSR count). The third kappa shape index (κ3) is 4.65. The highest BCUT2D eigenvalue weighted by atomic mass is 32.2. The van der Waals surface area contributed by atoms with Gasteiger partial charge < -0.3 is 4.90 Å². The van der Waals surface area contributed by atoms with Gasteiger partial charge in [-0.1, -0.05) is 109 Å². The average Bonchev–Trinajstić information content (AvgIpc) is 3.56. The minimum Gasteiger partial charge on any atom is -0.310 e. The number of benzene rings is 4. The number of aromatic nitrogens is 3. The maximum Gasteiger partial charge on any atom is 0.155 e. The first-order valence-electron chi connectivity index (χ1n) is 15.4. The van der Waals surface area contributed by atoms with Crippen LogP contribution in [0.5, 0.6) is 0 Å². The smallest absolute Gasteiger partial charge is 0.155 e. The highest BCUT2D eigenvalue weighted by Gasteiger charge is 2.30. The average molecular weight is 630 g/mol. The number of hydrogen-bond donors (Lipinski definition) is 0. The Bertz CT molecular complexity index is 2190. The van der Waals surface area contributed by atoms with Crippen LogP contribution >= 0.6 is 19.7 Å². The van der Waals surface area contributed by atoms with Crippen LogP contribution in [0.4, 0.5) is 29.0 Å². The first-order chi connectivity index (χ1) is 22.8. The van der Waals surface area contributed by atoms with Gasteiger partial charge in [-0.05, 0) is 73.0 Å². The van der Waals surface area contributed by atoms with Crippen molar-refractivity contribution in [2.24, 2.45) is 0 Å². The normalized spacial score (nSPS) is 13.5. The zero-order valence-corrected chi connectivity index (χ0v) is 26.6. The molecular weight excluding hydrogens is 602 g/mol. The van der Waals surface area contributed by atoms with Crippen molar-refractivity contribution in [3.8, 4) is 0 Å². The van der Waals surface area contributed by atoms with Crippen molar-refractivity contribution < 1.29 is 0 Å². The van der Waals surface area contributed by atoms with Crippen molar-refractivity contribution >= 4 is 75.5 Å². The third-order valence-corrected chi connectivity index (χ3v) is 12.1. The van der Waals surface area contributed by atoms with Gasteiger partial charge in [-0.25, -0.2) is 15.0 Å². The summed E-state index contributed by atoms with van der Waals surface area (Å²) in [5.74, 6) is 3.64. The zero-order valence-electron chi connectivity index (χ0n) is 24.9. The summed E-state index contributed by atoms with van der Waals surface area (Å²) in [6.45, 7) is 0.863. The molecule has 7 heteroatoms. The first kappa shape index (κ1) is 27.3. The molecule has 0 aliphatic carbocycles. The molecule has 0 saturated carbocycles. The van der Waals surface area contributed by atoms with E-state index in [1.54, 1.807) is 11.8 Å². The van der Waals surface area contributed by atoms with Gasteiger partial charge >= 0.3 is 0 Å². The molecule has 2 aliphatic heterocycles. The Kier molecular flexibility index (Phi) is 6.76. The van der Waals surface area contributed by atoms with Crippen LogP contribution in [0.25, 0.3) is 10.9 Å². The molecule has 5 nitrogen and oxygen atoms in total. The molecule has 2 aliphatic rings. The monoisotopic (exact) mass is 629 g/mol. The summed E-state index contributed by atoms with van der Waals surface area (Å²) in [6.07, 6.45) is 2.83. The molecule has 0 bridgehead atoms. The van der Waals surface area contributed by atoms with Crippen LogP contribution in [0.15, 0.2) is 156 Å². The van der Waals surface area contributed by atoms with Crippen molar-refractivity contribution in [3.05, 3.63) is 151 Å². The number of rotatable bonds is 5. The zero-order chi connectivity index (χ0) is 30.5. The molecule has 0 atom stereocenters. The summed E-state index contributed by atoms with van der Waals surface area (Å²) < 4.78 is 0. The van der Waals surface area contributed by atoms with E-state index in [2.05, 4.69) is 143 Å². The fraction of sp³-hybridized carbons (Fsp3) is 0.0513. The van der Waals surface area contributed by atoms with Gasteiger partial charge in [-0.3, -0.25) is 4.90 Å². The summed E-state index contributed by atoms with van der Waals surface area (Å²) in [7, 11) is -0.831. The molecule has 0 unspecified atom stereocenters. The Hall–Kier alpha value is -5.03. The summed E-state index contributed by atoms with van der Waals surface area (Å²) in [5.41, 5.74) is 3.36. The molecule has 0 fully saturated rings. The lowest BCUT2D eigenvalue weighted by atomic mass is 10.2. The molecule has 3 aromatic heterocycles. The second-order valence-electron chi connectivity index (χ2n) is 11.3. The van der Waals surface area contributed by atoms with Crippen LogP contribution in [0.2, 0.25) is 0 Å². The number of nitrogens with zero attached hydrogens (tertiary/aromatic N) is 5. The van der Waals surface area contributed by atoms with Gasteiger partial charge in [0.15, 0.2) is 5.82 Å². The van der Waals surface area contributed by atoms with E-state index in [1.165, 1.54) is 26.4 Å². The predicted octanol–water partition coefficient (Wildman–Crippen LogP) is 8.41. The van der Waals surface area contributed by atoms with E-state index in [0.717, 1.165) is 57.7 Å². The van der Waals surface area contributed by atoms with Gasteiger partial charge in [0.25, 0.3) is 0 Å². The van der Waals surface area contributed by atoms with Crippen molar-refractivity contribution in [2.75, 3.05) is 16.3 Å². The Labute approximate surface area is 273 Å². The van der Waals surface area contributed by atoms with Crippen molar-refractivity contribution in [1.82, 2.24) is 15.0 Å². The highest BCUT2D eigenvalue weighted by Crippen LogP contribution is 2.51. The second-order valence-corrected chi connectivity index (χ2v) is 14.6. The molecule has 5 heterocycles. The molecule has 0 saturated heterocycles. The highest BCUT2D eigenvalue weighted by molar-refractivity contribution is 7.99. The van der Waals surface area contributed by atoms with E-state index in [4.69, 9.17) is 15.0 Å². The summed E-state index contributed by atoms with van der Waals surface area (Å²) >= 11 is 1.76. The standard InChI is InChI=1S/C39H28N5PS/c1-3-13-29(14-4-1)45(30-15-5-2-6-16-30)32-18-9-11-27-20-22-36(41-37(27)32)44-31-17-7-8-19-33(31)46-34-21-23-35(42-39(34)44)43-26-24-28-12-10-25-40-38(28)43/h1-23,25H,24,26H2. The largest absolute Gasteiger partial charge is 0.310 e. The van der Waals surface area contributed by atoms with Crippen LogP contribution in [0.3, 0.4) is 0 Å². The van der Waals surface area contributed by atoms with Gasteiger partial charge in [0.05, 0.1) is 16.1 Å². The molecular formula is C39H28N5PS. The number of hydrogen-bond acceptors (Lipinski definition) is 6. The van der Waals surface area contributed by atoms with Crippen LogP contribution < -0.4 is 25.7 Å². The molecule has 0 N–H and O–H groups in total. The molecule has 0 spiro atoms. The number of fused-ring (bicyclic) bond motifs is 4. The number of pyridine rings is 3. The minimum absolute atomic E-state index is 0.831. The van der Waals surface area contributed by atoms with Gasteiger partial charge in [-0.2, -0.15) is 0 Å². The minimum atomic E-state index is -0.831. The van der Waals surface area contributed by atoms with Gasteiger partial charge in [0.2, 0.25) is 0 Å². The van der Waals surface area contributed by atoms with Crippen molar-refractivity contribution in [1.29, 1.82) is 0 Å². The lowest BCUT2D eigenvalue weighted by molar-refractivity contribution is 0.952. The van der Waals surface area contributed by atoms with Gasteiger partial charge in [0.1, 0.15) is 17.5 Å². The van der Waals surface area contributed by atoms with Gasteiger partial charge in [0, 0.05) is 28.3 Å². The number of anilines is 5. The Morgan fingerprint density at radius 3 is 2.17 bits per heavy atom. The van der Waals surface area contributed by atoms with Gasteiger partial charge in [-0.15, -0.1) is 0 Å². The Morgan fingerprint density at radius 2 is 1.35 bits per heavy atom. The van der Waals surface area contributed by atoms with E-state index in [-0.39, 0.29) is 0 Å². The van der Waals surface area contributed by atoms with Crippen molar-refractivity contribution in [3.63, 3.8) is 0 Å². The van der Waals surface area contributed by atoms with E-state index in [0.29, 0.717) is 0 Å². The molecule has 220 valence electrons. The fourth-order valence-electron chi connectivity index (χ4n) is 6.45. The van der Waals surface area contributed by atoms with Crippen LogP contribution in [0, 0.1) is 0 Å². The molecule has 4 aromatic carbocycles. The first-order valence-corrected chi connectivity index (χ1v) is 17.6. The maximum absolute atomic E-state index is 5.50. The topological polar surface area (TPSA) is 45.2 Å². The molecule has 7 aromatic rings. The summed E-state index contributed by atoms with van der Waals surface area (Å²) in [5, 5.41) is 4.98. The van der Waals surface area contributed by atoms with Crippen LogP contribution in [0.1, 0.15) is 5.56 Å². The second kappa shape index (κ2) is 11.4. The van der Waals surface area contributed by atoms with Crippen LogP contribution in [-0.2, 0) is 6.42 Å². The lowest BCUT2D eigenvalue weighted by Gasteiger charge is -2.32. The van der Waals surface area contributed by atoms with E-state index < -0.39 is 7.92 Å².